The topological polar surface area (TPSA) is 41.5 Å². The minimum atomic E-state index is 0.384. The Morgan fingerprint density at radius 2 is 1.71 bits per heavy atom. The van der Waals surface area contributed by atoms with E-state index in [0.29, 0.717) is 12.0 Å². The smallest absolute Gasteiger partial charge is 0.130 e. The van der Waals surface area contributed by atoms with Gasteiger partial charge in [0.25, 0.3) is 0 Å². The normalized spacial score (nSPS) is 23.1. The van der Waals surface area contributed by atoms with Crippen LogP contribution in [0.3, 0.4) is 0 Å². The molecule has 1 aromatic carbocycles. The second-order valence-electron chi connectivity index (χ2n) is 8.67. The highest BCUT2D eigenvalue weighted by Crippen LogP contribution is 2.30. The number of rotatable bonds is 6. The van der Waals surface area contributed by atoms with E-state index < -0.39 is 0 Å². The fourth-order valence-corrected chi connectivity index (χ4v) is 4.57. The molecule has 1 aromatic heterocycles. The fraction of sp³-hybridized carbons (Fsp3) is 0.565. The second kappa shape index (κ2) is 8.58. The molecule has 0 aliphatic carbocycles. The van der Waals surface area contributed by atoms with Crippen LogP contribution in [0.4, 0.5) is 0 Å². The van der Waals surface area contributed by atoms with Crippen LogP contribution in [0.15, 0.2) is 36.7 Å². The third kappa shape index (κ3) is 4.53. The molecule has 5 heteroatoms. The maximum atomic E-state index is 5.28. The number of nitrogens with zero attached hydrogens (tertiary/aromatic N) is 4. The third-order valence-corrected chi connectivity index (χ3v) is 6.10. The summed E-state index contributed by atoms with van der Waals surface area (Å²) in [4.78, 5) is 14.4. The summed E-state index contributed by atoms with van der Waals surface area (Å²) in [5.74, 6) is 3.01. The largest absolute Gasteiger partial charge is 0.497 e. The van der Waals surface area contributed by atoms with Gasteiger partial charge < -0.3 is 4.74 Å². The van der Waals surface area contributed by atoms with Crippen LogP contribution in [0.1, 0.15) is 49.6 Å². The van der Waals surface area contributed by atoms with Crippen molar-refractivity contribution < 1.29 is 4.74 Å². The monoisotopic (exact) mass is 380 g/mol. The van der Waals surface area contributed by atoms with E-state index in [1.54, 1.807) is 7.11 Å². The molecule has 3 fully saturated rings. The summed E-state index contributed by atoms with van der Waals surface area (Å²) < 4.78 is 5.28. The molecule has 3 saturated heterocycles. The molecule has 0 radical (unpaired) electrons. The lowest BCUT2D eigenvalue weighted by atomic mass is 9.94. The van der Waals surface area contributed by atoms with Gasteiger partial charge in [-0.2, -0.15) is 0 Å². The van der Waals surface area contributed by atoms with Crippen molar-refractivity contribution in [2.45, 2.75) is 51.7 Å². The molecule has 28 heavy (non-hydrogen) atoms. The molecule has 2 aromatic rings. The molecule has 0 N–H and O–H groups in total. The van der Waals surface area contributed by atoms with Crippen LogP contribution in [0.25, 0.3) is 0 Å². The summed E-state index contributed by atoms with van der Waals surface area (Å²) in [7, 11) is 1.72. The standard InChI is InChI=1S/C23H32N4O/c1-17(2)23-24-10-20(11-25-23)15-27-14-19-4-7-21(27)16-26(13-19)12-18-5-8-22(28-3)9-6-18/h5-6,8-11,17,19,21H,4,7,12-16H2,1-3H3/t19-,21+/m0/s1. The highest BCUT2D eigenvalue weighted by Gasteiger charge is 2.34. The first-order chi connectivity index (χ1) is 13.6. The first-order valence-electron chi connectivity index (χ1n) is 10.5. The van der Waals surface area contributed by atoms with E-state index in [0.717, 1.165) is 37.1 Å². The number of hydrogen-bond acceptors (Lipinski definition) is 5. The van der Waals surface area contributed by atoms with Crippen molar-refractivity contribution in [3.8, 4) is 5.75 Å². The third-order valence-electron chi connectivity index (χ3n) is 6.10. The summed E-state index contributed by atoms with van der Waals surface area (Å²) in [6.45, 7) is 9.80. The lowest BCUT2D eigenvalue weighted by molar-refractivity contribution is 0.123. The fourth-order valence-electron chi connectivity index (χ4n) is 4.57. The second-order valence-corrected chi connectivity index (χ2v) is 8.67. The average molecular weight is 381 g/mol. The Kier molecular flexibility index (Phi) is 5.93. The Bertz CT molecular complexity index is 759. The Labute approximate surface area is 168 Å². The molecular formula is C23H32N4O. The van der Waals surface area contributed by atoms with Gasteiger partial charge >= 0.3 is 0 Å². The Morgan fingerprint density at radius 1 is 0.964 bits per heavy atom. The molecule has 3 aliphatic heterocycles. The predicted octanol–water partition coefficient (Wildman–Crippen LogP) is 3.71. The zero-order chi connectivity index (χ0) is 19.5. The van der Waals surface area contributed by atoms with E-state index in [1.165, 1.54) is 37.1 Å². The van der Waals surface area contributed by atoms with E-state index in [2.05, 4.69) is 57.9 Å². The van der Waals surface area contributed by atoms with Gasteiger partial charge in [-0.1, -0.05) is 26.0 Å². The number of piperidine rings is 1. The van der Waals surface area contributed by atoms with E-state index in [1.807, 2.05) is 12.4 Å². The van der Waals surface area contributed by atoms with Gasteiger partial charge in [0.2, 0.25) is 0 Å². The molecule has 0 unspecified atom stereocenters. The maximum Gasteiger partial charge on any atom is 0.130 e. The highest BCUT2D eigenvalue weighted by atomic mass is 16.5. The maximum absolute atomic E-state index is 5.28. The molecule has 150 valence electrons. The molecule has 5 nitrogen and oxygen atoms in total. The lowest BCUT2D eigenvalue weighted by Crippen LogP contribution is -2.43. The van der Waals surface area contributed by atoms with Gasteiger partial charge in [0, 0.05) is 62.6 Å². The van der Waals surface area contributed by atoms with Crippen molar-refractivity contribution in [1.82, 2.24) is 19.8 Å². The summed E-state index contributed by atoms with van der Waals surface area (Å²) in [6, 6.07) is 9.14. The van der Waals surface area contributed by atoms with Gasteiger partial charge in [0.1, 0.15) is 11.6 Å². The van der Waals surface area contributed by atoms with Crippen LogP contribution in [0, 0.1) is 5.92 Å². The number of ether oxygens (including phenoxy) is 1. The SMILES string of the molecule is COc1ccc(CN2C[C@@H]3CC[C@H](C2)N(Cc2cnc(C(C)C)nc2)C3)cc1. The summed E-state index contributed by atoms with van der Waals surface area (Å²) in [5.41, 5.74) is 2.60. The van der Waals surface area contributed by atoms with E-state index in [4.69, 9.17) is 4.74 Å². The van der Waals surface area contributed by atoms with Crippen LogP contribution in [-0.4, -0.2) is 52.6 Å². The van der Waals surface area contributed by atoms with Crippen molar-refractivity contribution in [2.75, 3.05) is 26.7 Å². The zero-order valence-electron chi connectivity index (χ0n) is 17.3. The lowest BCUT2D eigenvalue weighted by Gasteiger charge is -2.36. The molecule has 0 saturated carbocycles. The van der Waals surface area contributed by atoms with E-state index >= 15 is 0 Å². The van der Waals surface area contributed by atoms with Gasteiger partial charge in [-0.25, -0.2) is 9.97 Å². The summed E-state index contributed by atoms with van der Waals surface area (Å²) in [6.07, 6.45) is 6.70. The predicted molar refractivity (Wildman–Crippen MR) is 111 cm³/mol. The summed E-state index contributed by atoms with van der Waals surface area (Å²) >= 11 is 0. The Balaban J connectivity index is 1.39. The number of benzene rings is 1. The van der Waals surface area contributed by atoms with Gasteiger partial charge in [0.15, 0.2) is 0 Å². The first-order valence-corrected chi connectivity index (χ1v) is 10.5. The van der Waals surface area contributed by atoms with Gasteiger partial charge in [0.05, 0.1) is 7.11 Å². The Morgan fingerprint density at radius 3 is 2.39 bits per heavy atom. The first kappa shape index (κ1) is 19.3. The number of fused-ring (bicyclic) bond motifs is 4. The molecule has 0 amide bonds. The van der Waals surface area contributed by atoms with E-state index in [9.17, 15) is 0 Å². The van der Waals surface area contributed by atoms with Gasteiger partial charge in [-0.3, -0.25) is 9.80 Å². The number of methoxy groups -OCH3 is 1. The minimum absolute atomic E-state index is 0.384. The zero-order valence-corrected chi connectivity index (χ0v) is 17.3. The molecule has 0 spiro atoms. The van der Waals surface area contributed by atoms with Crippen LogP contribution in [-0.2, 0) is 13.1 Å². The highest BCUT2D eigenvalue weighted by molar-refractivity contribution is 5.27. The number of hydrogen-bond donors (Lipinski definition) is 0. The molecule has 3 aliphatic rings. The van der Waals surface area contributed by atoms with Crippen molar-refractivity contribution in [3.05, 3.63) is 53.6 Å². The van der Waals surface area contributed by atoms with Crippen molar-refractivity contribution >= 4 is 0 Å². The van der Waals surface area contributed by atoms with Crippen LogP contribution in [0.5, 0.6) is 5.75 Å². The van der Waals surface area contributed by atoms with Gasteiger partial charge in [-0.15, -0.1) is 0 Å². The summed E-state index contributed by atoms with van der Waals surface area (Å²) in [5, 5.41) is 0. The van der Waals surface area contributed by atoms with Crippen LogP contribution < -0.4 is 4.74 Å². The quantitative estimate of drug-likeness (QED) is 0.764. The van der Waals surface area contributed by atoms with Crippen molar-refractivity contribution in [1.29, 1.82) is 0 Å². The van der Waals surface area contributed by atoms with Gasteiger partial charge in [-0.05, 0) is 36.5 Å². The van der Waals surface area contributed by atoms with Crippen LogP contribution >= 0.6 is 0 Å². The van der Waals surface area contributed by atoms with E-state index in [-0.39, 0.29) is 0 Å². The molecular weight excluding hydrogens is 348 g/mol. The molecule has 2 atom stereocenters. The van der Waals surface area contributed by atoms with Crippen molar-refractivity contribution in [3.63, 3.8) is 0 Å². The molecule has 5 rings (SSSR count). The number of aromatic nitrogens is 2. The van der Waals surface area contributed by atoms with Crippen molar-refractivity contribution in [2.24, 2.45) is 5.92 Å². The molecule has 4 heterocycles. The van der Waals surface area contributed by atoms with Crippen LogP contribution in [0.2, 0.25) is 0 Å². The Hall–Kier alpha value is -1.98. The molecule has 2 bridgehead atoms. The minimum Gasteiger partial charge on any atom is -0.497 e. The average Bonchev–Trinajstić information content (AvgIpc) is 2.99.